The van der Waals surface area contributed by atoms with Gasteiger partial charge in [0.15, 0.2) is 0 Å². The lowest BCUT2D eigenvalue weighted by Crippen LogP contribution is -2.26. The minimum absolute atomic E-state index is 0.0455. The molecule has 0 aromatic rings. The maximum atomic E-state index is 11.0. The third-order valence-corrected chi connectivity index (χ3v) is 2.04. The van der Waals surface area contributed by atoms with Gasteiger partial charge >= 0.3 is 11.9 Å². The normalized spacial score (nSPS) is 14.3. The van der Waals surface area contributed by atoms with Gasteiger partial charge in [-0.1, -0.05) is 0 Å². The molecule has 0 amide bonds. The molecule has 0 aliphatic heterocycles. The van der Waals surface area contributed by atoms with Crippen molar-refractivity contribution in [3.63, 3.8) is 0 Å². The van der Waals surface area contributed by atoms with E-state index in [9.17, 15) is 9.59 Å². The van der Waals surface area contributed by atoms with Crippen molar-refractivity contribution >= 4 is 23.5 Å². The van der Waals surface area contributed by atoms with Crippen LogP contribution in [0.2, 0.25) is 0 Å². The highest BCUT2D eigenvalue weighted by atomic mass is 35.5. The zero-order valence-corrected chi connectivity index (χ0v) is 9.34. The molecule has 0 bridgehead atoms. The van der Waals surface area contributed by atoms with Crippen LogP contribution in [-0.2, 0) is 19.1 Å². The highest BCUT2D eigenvalue weighted by Crippen LogP contribution is 2.12. The van der Waals surface area contributed by atoms with Crippen LogP contribution in [0.1, 0.15) is 27.2 Å². The first-order valence-corrected chi connectivity index (χ1v) is 4.88. The van der Waals surface area contributed by atoms with Crippen molar-refractivity contribution in [2.75, 3.05) is 6.61 Å². The Morgan fingerprint density at radius 1 is 1.43 bits per heavy atom. The summed E-state index contributed by atoms with van der Waals surface area (Å²) in [7, 11) is 0. The molecule has 0 saturated heterocycles. The van der Waals surface area contributed by atoms with E-state index in [4.69, 9.17) is 21.1 Å². The van der Waals surface area contributed by atoms with Gasteiger partial charge in [0.1, 0.15) is 6.10 Å². The van der Waals surface area contributed by atoms with Gasteiger partial charge in [0, 0.05) is 6.92 Å². The summed E-state index contributed by atoms with van der Waals surface area (Å²) >= 11 is 5.83. The molecule has 0 aromatic heterocycles. The maximum absolute atomic E-state index is 11.0. The van der Waals surface area contributed by atoms with Crippen molar-refractivity contribution in [2.45, 2.75) is 38.7 Å². The van der Waals surface area contributed by atoms with Gasteiger partial charge in [-0.25, -0.2) is 0 Å². The number of hydrogen-bond acceptors (Lipinski definition) is 4. The largest absolute Gasteiger partial charge is 0.466 e. The highest BCUT2D eigenvalue weighted by Gasteiger charge is 2.20. The van der Waals surface area contributed by atoms with E-state index in [-0.39, 0.29) is 12.4 Å². The average molecular weight is 223 g/mol. The quantitative estimate of drug-likeness (QED) is 0.523. The summed E-state index contributed by atoms with van der Waals surface area (Å²) in [6, 6.07) is 0. The number of carbonyl (C=O) groups is 2. The van der Waals surface area contributed by atoms with Gasteiger partial charge in [-0.05, 0) is 13.8 Å². The molecule has 4 nitrogen and oxygen atoms in total. The standard InChI is InChI=1S/C9H15ClO4/c1-4-13-9(12)5-8(10)6(2)14-7(3)11/h6,8H,4-5H2,1-3H3/t6-,8-/m0/s1. The molecule has 0 fully saturated rings. The number of carbonyl (C=O) groups excluding carboxylic acids is 2. The van der Waals surface area contributed by atoms with Crippen molar-refractivity contribution in [2.24, 2.45) is 0 Å². The van der Waals surface area contributed by atoms with Crippen molar-refractivity contribution in [3.8, 4) is 0 Å². The summed E-state index contributed by atoms with van der Waals surface area (Å²) in [5, 5.41) is -0.544. The molecular weight excluding hydrogens is 208 g/mol. The van der Waals surface area contributed by atoms with E-state index in [1.807, 2.05) is 0 Å². The van der Waals surface area contributed by atoms with Crippen LogP contribution < -0.4 is 0 Å². The van der Waals surface area contributed by atoms with Crippen LogP contribution in [-0.4, -0.2) is 30.0 Å². The molecule has 0 heterocycles. The lowest BCUT2D eigenvalue weighted by Gasteiger charge is -2.16. The zero-order valence-electron chi connectivity index (χ0n) is 8.58. The lowest BCUT2D eigenvalue weighted by molar-refractivity contribution is -0.149. The van der Waals surface area contributed by atoms with Crippen molar-refractivity contribution < 1.29 is 19.1 Å². The Morgan fingerprint density at radius 2 is 2.00 bits per heavy atom. The van der Waals surface area contributed by atoms with Crippen LogP contribution in [0.3, 0.4) is 0 Å². The Hall–Kier alpha value is -0.770. The van der Waals surface area contributed by atoms with Crippen molar-refractivity contribution in [1.82, 2.24) is 0 Å². The number of ether oxygens (including phenoxy) is 2. The topological polar surface area (TPSA) is 52.6 Å². The number of esters is 2. The summed E-state index contributed by atoms with van der Waals surface area (Å²) in [4.78, 5) is 21.6. The second-order valence-corrected chi connectivity index (χ2v) is 3.40. The second-order valence-electron chi connectivity index (χ2n) is 2.84. The van der Waals surface area contributed by atoms with E-state index in [0.29, 0.717) is 6.61 Å². The van der Waals surface area contributed by atoms with E-state index < -0.39 is 17.5 Å². The molecule has 0 saturated carbocycles. The summed E-state index contributed by atoms with van der Waals surface area (Å²) in [5.41, 5.74) is 0. The number of hydrogen-bond donors (Lipinski definition) is 0. The number of halogens is 1. The van der Waals surface area contributed by atoms with E-state index in [2.05, 4.69) is 0 Å². The molecular formula is C9H15ClO4. The molecule has 0 aromatic carbocycles. The summed E-state index contributed by atoms with van der Waals surface area (Å²) in [6.45, 7) is 4.98. The van der Waals surface area contributed by atoms with Crippen molar-refractivity contribution in [1.29, 1.82) is 0 Å². The molecule has 0 aliphatic rings. The first kappa shape index (κ1) is 13.2. The van der Waals surface area contributed by atoms with Gasteiger partial charge in [-0.2, -0.15) is 0 Å². The van der Waals surface area contributed by atoms with Gasteiger partial charge in [0.2, 0.25) is 0 Å². The predicted molar refractivity (Wildman–Crippen MR) is 52.1 cm³/mol. The van der Waals surface area contributed by atoms with E-state index in [0.717, 1.165) is 0 Å². The molecule has 0 aliphatic carbocycles. The fraction of sp³-hybridized carbons (Fsp3) is 0.778. The molecule has 0 spiro atoms. The van der Waals surface area contributed by atoms with Crippen molar-refractivity contribution in [3.05, 3.63) is 0 Å². The third kappa shape index (κ3) is 5.80. The van der Waals surface area contributed by atoms with Crippen LogP contribution in [0.25, 0.3) is 0 Å². The highest BCUT2D eigenvalue weighted by molar-refractivity contribution is 6.22. The van der Waals surface area contributed by atoms with Crippen LogP contribution in [0, 0.1) is 0 Å². The first-order valence-electron chi connectivity index (χ1n) is 4.44. The Balaban J connectivity index is 3.87. The van der Waals surface area contributed by atoms with Gasteiger partial charge in [-0.15, -0.1) is 11.6 Å². The Bertz CT molecular complexity index is 205. The molecule has 0 rings (SSSR count). The van der Waals surface area contributed by atoms with Gasteiger partial charge in [0.25, 0.3) is 0 Å². The van der Waals surface area contributed by atoms with Gasteiger partial charge in [0.05, 0.1) is 18.4 Å². The zero-order chi connectivity index (χ0) is 11.1. The molecule has 0 radical (unpaired) electrons. The minimum atomic E-state index is -0.544. The number of rotatable bonds is 5. The summed E-state index contributed by atoms with van der Waals surface area (Å²) in [5.74, 6) is -0.793. The summed E-state index contributed by atoms with van der Waals surface area (Å²) in [6.07, 6.45) is -0.442. The van der Waals surface area contributed by atoms with E-state index in [1.54, 1.807) is 13.8 Å². The second kappa shape index (κ2) is 6.65. The van der Waals surface area contributed by atoms with Crippen LogP contribution >= 0.6 is 11.6 Å². The van der Waals surface area contributed by atoms with Crippen LogP contribution in [0.15, 0.2) is 0 Å². The average Bonchev–Trinajstić information content (AvgIpc) is 2.02. The van der Waals surface area contributed by atoms with E-state index >= 15 is 0 Å². The third-order valence-electron chi connectivity index (χ3n) is 1.53. The molecule has 2 atom stereocenters. The van der Waals surface area contributed by atoms with Crippen LogP contribution in [0.5, 0.6) is 0 Å². The Morgan fingerprint density at radius 3 is 2.43 bits per heavy atom. The van der Waals surface area contributed by atoms with E-state index in [1.165, 1.54) is 6.92 Å². The fourth-order valence-corrected chi connectivity index (χ4v) is 1.06. The minimum Gasteiger partial charge on any atom is -0.466 e. The first-order chi connectivity index (χ1) is 6.47. The monoisotopic (exact) mass is 222 g/mol. The predicted octanol–water partition coefficient (Wildman–Crippen LogP) is 1.50. The molecule has 0 N–H and O–H groups in total. The lowest BCUT2D eigenvalue weighted by atomic mass is 10.2. The molecule has 82 valence electrons. The fourth-order valence-electron chi connectivity index (χ4n) is 0.881. The Labute approximate surface area is 88.5 Å². The maximum Gasteiger partial charge on any atom is 0.307 e. The van der Waals surface area contributed by atoms with Gasteiger partial charge in [-0.3, -0.25) is 9.59 Å². The smallest absolute Gasteiger partial charge is 0.307 e. The van der Waals surface area contributed by atoms with Gasteiger partial charge < -0.3 is 9.47 Å². The molecule has 0 unspecified atom stereocenters. The summed E-state index contributed by atoms with van der Waals surface area (Å²) < 4.78 is 9.52. The Kier molecular flexibility index (Phi) is 6.28. The SMILES string of the molecule is CCOC(=O)C[C@H](Cl)[C@H](C)OC(C)=O. The number of alkyl halides is 1. The molecule has 5 heteroatoms. The molecule has 14 heavy (non-hydrogen) atoms. The van der Waals surface area contributed by atoms with Crippen LogP contribution in [0.4, 0.5) is 0 Å².